The molecule has 1 aromatic rings. The van der Waals surface area contributed by atoms with Gasteiger partial charge in [0.15, 0.2) is 6.79 Å². The quantitative estimate of drug-likeness (QED) is 0.424. The molecule has 134 valence electrons. The fraction of sp³-hybridized carbons (Fsp3) is 0.636. The molecule has 0 aromatic heterocycles. The average Bonchev–Trinajstić information content (AvgIpc) is 2.60. The summed E-state index contributed by atoms with van der Waals surface area (Å²) in [7, 11) is 1.67. The predicted octanol–water partition coefficient (Wildman–Crippen LogP) is 4.14. The van der Waals surface area contributed by atoms with Gasteiger partial charge in [0.2, 0.25) is 0 Å². The molecule has 0 aliphatic heterocycles. The first-order chi connectivity index (χ1) is 12.2. The van der Waals surface area contributed by atoms with Crippen LogP contribution < -0.4 is 4.74 Å². The van der Waals surface area contributed by atoms with Crippen LogP contribution in [0.2, 0.25) is 0 Å². The van der Waals surface area contributed by atoms with Gasteiger partial charge in [0.05, 0.1) is 13.2 Å². The van der Waals surface area contributed by atoms with Gasteiger partial charge in [-0.3, -0.25) is 0 Å². The molecule has 5 rings (SSSR count). The third-order valence-corrected chi connectivity index (χ3v) is 6.49. The molecular formula is C22H28O3. The first kappa shape index (κ1) is 16.9. The van der Waals surface area contributed by atoms with E-state index >= 15 is 0 Å². The third kappa shape index (κ3) is 3.30. The summed E-state index contributed by atoms with van der Waals surface area (Å²) in [5.41, 5.74) is 2.53. The van der Waals surface area contributed by atoms with E-state index in [1.165, 1.54) is 44.1 Å². The van der Waals surface area contributed by atoms with E-state index in [2.05, 4.69) is 18.1 Å². The van der Waals surface area contributed by atoms with Crippen molar-refractivity contribution in [2.75, 3.05) is 27.1 Å². The van der Waals surface area contributed by atoms with E-state index in [0.29, 0.717) is 18.6 Å². The highest BCUT2D eigenvalue weighted by Gasteiger charge is 2.52. The highest BCUT2D eigenvalue weighted by molar-refractivity contribution is 5.48. The molecular weight excluding hydrogens is 312 g/mol. The lowest BCUT2D eigenvalue weighted by molar-refractivity contribution is -0.0189. The van der Waals surface area contributed by atoms with E-state index in [-0.39, 0.29) is 6.79 Å². The van der Waals surface area contributed by atoms with Crippen LogP contribution in [0, 0.1) is 30.1 Å². The Kier molecular flexibility index (Phi) is 4.75. The molecule has 0 heterocycles. The van der Waals surface area contributed by atoms with Crippen molar-refractivity contribution in [2.45, 2.75) is 43.9 Å². The molecule has 0 unspecified atom stereocenters. The summed E-state index contributed by atoms with van der Waals surface area (Å²) in [4.78, 5) is 0. The smallest absolute Gasteiger partial charge is 0.189 e. The number of terminal acetylenes is 1. The molecule has 3 heteroatoms. The van der Waals surface area contributed by atoms with Gasteiger partial charge >= 0.3 is 0 Å². The van der Waals surface area contributed by atoms with Gasteiger partial charge < -0.3 is 14.2 Å². The molecule has 0 spiro atoms. The standard InChI is InChI=1S/C22H28O3/c1-3-16-4-5-20(21(11-16)25-15-24-7-6-23-2)22-12-17-8-18(13-22)10-19(9-17)14-22/h1,4-5,11,17-19H,6-10,12-15H2,2H3. The van der Waals surface area contributed by atoms with Gasteiger partial charge in [0.1, 0.15) is 5.75 Å². The SMILES string of the molecule is C#Cc1ccc(C23CC4CC(CC(C4)C2)C3)c(OCOCCOC)c1. The summed E-state index contributed by atoms with van der Waals surface area (Å²) in [6, 6.07) is 6.33. The Bertz CT molecular complexity index is 622. The molecule has 4 aliphatic carbocycles. The average molecular weight is 340 g/mol. The highest BCUT2D eigenvalue weighted by atomic mass is 16.7. The lowest BCUT2D eigenvalue weighted by atomic mass is 9.48. The molecule has 0 radical (unpaired) electrons. The summed E-state index contributed by atoms with van der Waals surface area (Å²) in [5.74, 6) is 6.38. The zero-order chi connectivity index (χ0) is 17.3. The van der Waals surface area contributed by atoms with Crippen LogP contribution in [0.25, 0.3) is 0 Å². The Morgan fingerprint density at radius 1 is 1.08 bits per heavy atom. The van der Waals surface area contributed by atoms with Crippen molar-refractivity contribution in [1.29, 1.82) is 0 Å². The van der Waals surface area contributed by atoms with E-state index in [1.54, 1.807) is 7.11 Å². The second-order valence-corrected chi connectivity index (χ2v) is 8.22. The first-order valence-corrected chi connectivity index (χ1v) is 9.53. The molecule has 3 nitrogen and oxygen atoms in total. The number of hydrogen-bond acceptors (Lipinski definition) is 3. The summed E-state index contributed by atoms with van der Waals surface area (Å²) < 4.78 is 16.6. The van der Waals surface area contributed by atoms with E-state index < -0.39 is 0 Å². The molecule has 25 heavy (non-hydrogen) atoms. The monoisotopic (exact) mass is 340 g/mol. The molecule has 0 atom stereocenters. The van der Waals surface area contributed by atoms with Crippen LogP contribution in [0.3, 0.4) is 0 Å². The van der Waals surface area contributed by atoms with Crippen LogP contribution in [0.1, 0.15) is 49.7 Å². The van der Waals surface area contributed by atoms with Crippen LogP contribution in [-0.4, -0.2) is 27.1 Å². The maximum atomic E-state index is 6.04. The number of ether oxygens (including phenoxy) is 3. The lowest BCUT2D eigenvalue weighted by Gasteiger charge is -2.57. The molecule has 1 aromatic carbocycles. The fourth-order valence-corrected chi connectivity index (χ4v) is 5.92. The maximum absolute atomic E-state index is 6.04. The normalized spacial score (nSPS) is 32.6. The minimum absolute atomic E-state index is 0.247. The molecule has 0 saturated heterocycles. The number of rotatable bonds is 7. The Morgan fingerprint density at radius 2 is 1.76 bits per heavy atom. The van der Waals surface area contributed by atoms with Gasteiger partial charge in [0, 0.05) is 18.2 Å². The van der Waals surface area contributed by atoms with Crippen molar-refractivity contribution in [3.63, 3.8) is 0 Å². The number of methoxy groups -OCH3 is 1. The third-order valence-electron chi connectivity index (χ3n) is 6.49. The predicted molar refractivity (Wildman–Crippen MR) is 97.6 cm³/mol. The van der Waals surface area contributed by atoms with Crippen molar-refractivity contribution >= 4 is 0 Å². The minimum Gasteiger partial charge on any atom is -0.467 e. The zero-order valence-corrected chi connectivity index (χ0v) is 15.1. The van der Waals surface area contributed by atoms with E-state index in [9.17, 15) is 0 Å². The Balaban J connectivity index is 1.57. The Morgan fingerprint density at radius 3 is 2.36 bits per heavy atom. The second kappa shape index (κ2) is 7.02. The van der Waals surface area contributed by atoms with Crippen LogP contribution in [0.5, 0.6) is 5.75 Å². The molecule has 4 aliphatic rings. The highest BCUT2D eigenvalue weighted by Crippen LogP contribution is 2.61. The van der Waals surface area contributed by atoms with Crippen LogP contribution in [0.15, 0.2) is 18.2 Å². The van der Waals surface area contributed by atoms with Crippen molar-refractivity contribution in [3.05, 3.63) is 29.3 Å². The van der Waals surface area contributed by atoms with Gasteiger partial charge in [0.25, 0.3) is 0 Å². The Hall–Kier alpha value is -1.50. The molecule has 4 saturated carbocycles. The number of benzene rings is 1. The number of hydrogen-bond donors (Lipinski definition) is 0. The maximum Gasteiger partial charge on any atom is 0.189 e. The van der Waals surface area contributed by atoms with Gasteiger partial charge in [-0.2, -0.15) is 0 Å². The van der Waals surface area contributed by atoms with Crippen LogP contribution >= 0.6 is 0 Å². The van der Waals surface area contributed by atoms with Crippen LogP contribution in [0.4, 0.5) is 0 Å². The molecule has 0 N–H and O–H groups in total. The van der Waals surface area contributed by atoms with Gasteiger partial charge in [-0.05, 0) is 73.8 Å². The van der Waals surface area contributed by atoms with Crippen LogP contribution in [-0.2, 0) is 14.9 Å². The summed E-state index contributed by atoms with van der Waals surface area (Å²) >= 11 is 0. The summed E-state index contributed by atoms with van der Waals surface area (Å²) in [6.45, 7) is 1.37. The second-order valence-electron chi connectivity index (χ2n) is 8.22. The molecule has 0 amide bonds. The first-order valence-electron chi connectivity index (χ1n) is 9.53. The van der Waals surface area contributed by atoms with Crippen molar-refractivity contribution in [3.8, 4) is 18.1 Å². The zero-order valence-electron chi connectivity index (χ0n) is 15.1. The van der Waals surface area contributed by atoms with Crippen molar-refractivity contribution < 1.29 is 14.2 Å². The Labute approximate surface area is 151 Å². The topological polar surface area (TPSA) is 27.7 Å². The van der Waals surface area contributed by atoms with Gasteiger partial charge in [-0.15, -0.1) is 6.42 Å². The van der Waals surface area contributed by atoms with E-state index in [0.717, 1.165) is 29.1 Å². The minimum atomic E-state index is 0.247. The van der Waals surface area contributed by atoms with E-state index in [1.807, 2.05) is 6.07 Å². The van der Waals surface area contributed by atoms with E-state index in [4.69, 9.17) is 20.6 Å². The fourth-order valence-electron chi connectivity index (χ4n) is 5.92. The summed E-state index contributed by atoms with van der Waals surface area (Å²) in [5, 5.41) is 0. The summed E-state index contributed by atoms with van der Waals surface area (Å²) in [6.07, 6.45) is 13.9. The van der Waals surface area contributed by atoms with Gasteiger partial charge in [-0.1, -0.05) is 12.0 Å². The van der Waals surface area contributed by atoms with Gasteiger partial charge in [-0.25, -0.2) is 0 Å². The van der Waals surface area contributed by atoms with Crippen molar-refractivity contribution in [2.24, 2.45) is 17.8 Å². The lowest BCUT2D eigenvalue weighted by Crippen LogP contribution is -2.48. The van der Waals surface area contributed by atoms with Crippen molar-refractivity contribution in [1.82, 2.24) is 0 Å². The molecule has 4 fully saturated rings. The molecule has 4 bridgehead atoms. The largest absolute Gasteiger partial charge is 0.467 e.